The summed E-state index contributed by atoms with van der Waals surface area (Å²) in [7, 11) is 0. The van der Waals surface area contributed by atoms with Gasteiger partial charge in [0, 0.05) is 12.5 Å². The highest BCUT2D eigenvalue weighted by atomic mass is 16.3. The number of nitrogens with one attached hydrogen (secondary N) is 1. The first kappa shape index (κ1) is 18.4. The Kier molecular flexibility index (Phi) is 5.57. The number of aryl methyl sites for hydroxylation is 2. The van der Waals surface area contributed by atoms with Crippen LogP contribution in [0.2, 0.25) is 0 Å². The van der Waals surface area contributed by atoms with Crippen LogP contribution >= 0.6 is 0 Å². The number of aromatic hydroxyl groups is 1. The molecule has 1 aliphatic carbocycles. The van der Waals surface area contributed by atoms with Crippen LogP contribution in [0.3, 0.4) is 0 Å². The van der Waals surface area contributed by atoms with E-state index in [4.69, 9.17) is 0 Å². The van der Waals surface area contributed by atoms with Gasteiger partial charge in [-0.1, -0.05) is 29.8 Å². The first-order chi connectivity index (χ1) is 12.4. The Hall–Kier alpha value is -2.40. The first-order valence-electron chi connectivity index (χ1n) is 9.17. The van der Waals surface area contributed by atoms with Crippen molar-refractivity contribution in [3.8, 4) is 5.75 Å². The summed E-state index contributed by atoms with van der Waals surface area (Å²) in [6, 6.07) is 11.5. The van der Waals surface area contributed by atoms with E-state index in [1.165, 1.54) is 17.3 Å². The number of aromatic nitrogens is 1. The zero-order valence-corrected chi connectivity index (χ0v) is 15.1. The summed E-state index contributed by atoms with van der Waals surface area (Å²) in [5.41, 5.74) is 1.99. The highest BCUT2D eigenvalue weighted by Crippen LogP contribution is 2.36. The highest BCUT2D eigenvalue weighted by molar-refractivity contribution is 5.76. The van der Waals surface area contributed by atoms with Crippen LogP contribution < -0.4 is 5.32 Å². The molecule has 1 aliphatic rings. The summed E-state index contributed by atoms with van der Waals surface area (Å²) >= 11 is 0. The van der Waals surface area contributed by atoms with Crippen LogP contribution in [0.1, 0.15) is 48.9 Å². The molecule has 5 heteroatoms. The number of aliphatic hydroxyl groups is 1. The van der Waals surface area contributed by atoms with Crippen molar-refractivity contribution in [2.24, 2.45) is 0 Å². The second kappa shape index (κ2) is 7.87. The topological polar surface area (TPSA) is 82.5 Å². The van der Waals surface area contributed by atoms with Crippen LogP contribution in [0.25, 0.3) is 0 Å². The first-order valence-corrected chi connectivity index (χ1v) is 9.17. The largest absolute Gasteiger partial charge is 0.506 e. The van der Waals surface area contributed by atoms with E-state index in [0.717, 1.165) is 19.3 Å². The highest BCUT2D eigenvalue weighted by Gasteiger charge is 2.36. The quantitative estimate of drug-likeness (QED) is 0.771. The number of carbonyl (C=O) groups excluding carboxylic acids is 1. The van der Waals surface area contributed by atoms with E-state index in [0.29, 0.717) is 25.0 Å². The molecule has 1 heterocycles. The lowest BCUT2D eigenvalue weighted by molar-refractivity contribution is -0.122. The van der Waals surface area contributed by atoms with E-state index < -0.39 is 5.60 Å². The van der Waals surface area contributed by atoms with Gasteiger partial charge in [-0.3, -0.25) is 9.78 Å². The van der Waals surface area contributed by atoms with Crippen LogP contribution in [-0.2, 0) is 16.8 Å². The molecule has 26 heavy (non-hydrogen) atoms. The maximum absolute atomic E-state index is 12.2. The van der Waals surface area contributed by atoms with E-state index in [9.17, 15) is 15.0 Å². The standard InChI is InChI=1S/C21H26N2O3/c1-15-2-4-16(5-3-15)6-9-20(25)23-17-10-12-21(26,13-11-17)19-8-7-18(24)14-22-19/h2-5,7-8,14,17,24,26H,6,9-13H2,1H3,(H,23,25). The van der Waals surface area contributed by atoms with Crippen LogP contribution in [0, 0.1) is 6.92 Å². The van der Waals surface area contributed by atoms with Gasteiger partial charge in [-0.2, -0.15) is 0 Å². The monoisotopic (exact) mass is 354 g/mol. The van der Waals surface area contributed by atoms with Crippen molar-refractivity contribution in [3.63, 3.8) is 0 Å². The molecule has 1 amide bonds. The molecule has 0 unspecified atom stereocenters. The predicted molar refractivity (Wildman–Crippen MR) is 99.7 cm³/mol. The van der Waals surface area contributed by atoms with Gasteiger partial charge in [0.1, 0.15) is 11.4 Å². The summed E-state index contributed by atoms with van der Waals surface area (Å²) in [6.45, 7) is 2.05. The van der Waals surface area contributed by atoms with Gasteiger partial charge in [0.15, 0.2) is 0 Å². The Morgan fingerprint density at radius 2 is 1.88 bits per heavy atom. The fourth-order valence-electron chi connectivity index (χ4n) is 3.47. The summed E-state index contributed by atoms with van der Waals surface area (Å²) in [5, 5.41) is 23.2. The molecule has 3 N–H and O–H groups in total. The van der Waals surface area contributed by atoms with Crippen molar-refractivity contribution in [2.75, 3.05) is 0 Å². The Balaban J connectivity index is 1.46. The van der Waals surface area contributed by atoms with Gasteiger partial charge in [0.25, 0.3) is 0 Å². The Morgan fingerprint density at radius 3 is 2.50 bits per heavy atom. The number of amides is 1. The van der Waals surface area contributed by atoms with Gasteiger partial charge < -0.3 is 15.5 Å². The maximum Gasteiger partial charge on any atom is 0.220 e. The van der Waals surface area contributed by atoms with E-state index in [-0.39, 0.29) is 17.7 Å². The number of carbonyl (C=O) groups is 1. The normalized spacial score (nSPS) is 22.8. The number of hydrogen-bond donors (Lipinski definition) is 3. The van der Waals surface area contributed by atoms with Crippen LogP contribution in [0.4, 0.5) is 0 Å². The molecule has 0 radical (unpaired) electrons. The number of hydrogen-bond acceptors (Lipinski definition) is 4. The smallest absolute Gasteiger partial charge is 0.220 e. The summed E-state index contributed by atoms with van der Waals surface area (Å²) in [4.78, 5) is 16.3. The zero-order valence-electron chi connectivity index (χ0n) is 15.1. The lowest BCUT2D eigenvalue weighted by Gasteiger charge is -2.35. The second-order valence-corrected chi connectivity index (χ2v) is 7.26. The van der Waals surface area contributed by atoms with Crippen molar-refractivity contribution in [2.45, 2.75) is 57.1 Å². The van der Waals surface area contributed by atoms with Crippen molar-refractivity contribution in [1.29, 1.82) is 0 Å². The van der Waals surface area contributed by atoms with Crippen LogP contribution in [0.15, 0.2) is 42.6 Å². The SMILES string of the molecule is Cc1ccc(CCC(=O)NC2CCC(O)(c3ccc(O)cn3)CC2)cc1. The molecular weight excluding hydrogens is 328 g/mol. The molecule has 5 nitrogen and oxygen atoms in total. The molecule has 3 rings (SSSR count). The van der Waals surface area contributed by atoms with Crippen LogP contribution in [0.5, 0.6) is 5.75 Å². The third kappa shape index (κ3) is 4.61. The molecule has 0 bridgehead atoms. The zero-order chi connectivity index (χ0) is 18.6. The van der Waals surface area contributed by atoms with Gasteiger partial charge >= 0.3 is 0 Å². The third-order valence-corrected chi connectivity index (χ3v) is 5.16. The average Bonchev–Trinajstić information content (AvgIpc) is 2.64. The number of rotatable bonds is 5. The van der Waals surface area contributed by atoms with Crippen molar-refractivity contribution in [1.82, 2.24) is 10.3 Å². The van der Waals surface area contributed by atoms with Gasteiger partial charge in [0.05, 0.1) is 11.9 Å². The van der Waals surface area contributed by atoms with Gasteiger partial charge in [-0.15, -0.1) is 0 Å². The minimum absolute atomic E-state index is 0.0590. The van der Waals surface area contributed by atoms with E-state index in [1.807, 2.05) is 0 Å². The molecule has 0 aliphatic heterocycles. The second-order valence-electron chi connectivity index (χ2n) is 7.26. The Labute approximate surface area is 154 Å². The van der Waals surface area contributed by atoms with Crippen molar-refractivity contribution in [3.05, 3.63) is 59.4 Å². The van der Waals surface area contributed by atoms with Crippen LogP contribution in [-0.4, -0.2) is 27.1 Å². The summed E-state index contributed by atoms with van der Waals surface area (Å²) in [5.74, 6) is 0.149. The molecule has 0 saturated heterocycles. The Morgan fingerprint density at radius 1 is 1.19 bits per heavy atom. The number of pyridine rings is 1. The molecule has 0 spiro atoms. The molecule has 1 aromatic heterocycles. The van der Waals surface area contributed by atoms with Gasteiger partial charge in [-0.05, 0) is 56.7 Å². The molecule has 2 aromatic rings. The van der Waals surface area contributed by atoms with Gasteiger partial charge in [-0.25, -0.2) is 0 Å². The summed E-state index contributed by atoms with van der Waals surface area (Å²) in [6.07, 6.45) is 5.10. The molecule has 0 atom stereocenters. The number of benzene rings is 1. The number of nitrogens with zero attached hydrogens (tertiary/aromatic N) is 1. The minimum atomic E-state index is -0.975. The van der Waals surface area contributed by atoms with E-state index in [2.05, 4.69) is 41.5 Å². The summed E-state index contributed by atoms with van der Waals surface area (Å²) < 4.78 is 0. The fourth-order valence-corrected chi connectivity index (χ4v) is 3.47. The molecule has 1 fully saturated rings. The molecule has 1 saturated carbocycles. The average molecular weight is 354 g/mol. The Bertz CT molecular complexity index is 733. The maximum atomic E-state index is 12.2. The van der Waals surface area contributed by atoms with Crippen molar-refractivity contribution < 1.29 is 15.0 Å². The lowest BCUT2D eigenvalue weighted by Crippen LogP contribution is -2.42. The third-order valence-electron chi connectivity index (χ3n) is 5.16. The predicted octanol–water partition coefficient (Wildman–Crippen LogP) is 2.97. The van der Waals surface area contributed by atoms with Gasteiger partial charge in [0.2, 0.25) is 5.91 Å². The lowest BCUT2D eigenvalue weighted by atomic mass is 9.80. The minimum Gasteiger partial charge on any atom is -0.506 e. The van der Waals surface area contributed by atoms with E-state index in [1.54, 1.807) is 12.1 Å². The van der Waals surface area contributed by atoms with Crippen molar-refractivity contribution >= 4 is 5.91 Å². The molecule has 1 aromatic carbocycles. The molecule has 138 valence electrons. The fraction of sp³-hybridized carbons (Fsp3) is 0.429. The molecular formula is C21H26N2O3. The van der Waals surface area contributed by atoms with E-state index >= 15 is 0 Å².